The minimum absolute atomic E-state index is 0. The number of hydrogen-bond acceptors (Lipinski definition) is 2. The number of anilines is 2. The average Bonchev–Trinajstić information content (AvgIpc) is 2.48. The van der Waals surface area contributed by atoms with Crippen LogP contribution >= 0.6 is 17.0 Å². The summed E-state index contributed by atoms with van der Waals surface area (Å²) < 4.78 is 0. The number of nitrogen functional groups attached to an aromatic ring is 2. The zero-order valence-corrected chi connectivity index (χ0v) is 13.2. The Kier molecular flexibility index (Phi) is 4.66. The normalized spacial score (nSPS) is 9.90. The van der Waals surface area contributed by atoms with E-state index >= 15 is 0 Å². The second-order valence-corrected chi connectivity index (χ2v) is 4.79. The molecule has 0 saturated carbocycles. The first-order valence-corrected chi connectivity index (χ1v) is 6.55. The molecule has 2 nitrogen and oxygen atoms in total. The smallest absolute Gasteiger partial charge is 0.0393 e. The van der Waals surface area contributed by atoms with Gasteiger partial charge in [-0.25, -0.2) is 0 Å². The number of nitrogens with two attached hydrogens (primary N) is 2. The fourth-order valence-corrected chi connectivity index (χ4v) is 2.32. The second kappa shape index (κ2) is 6.46. The van der Waals surface area contributed by atoms with Crippen LogP contribution in [0.1, 0.15) is 0 Å². The van der Waals surface area contributed by atoms with Gasteiger partial charge < -0.3 is 11.5 Å². The lowest BCUT2D eigenvalue weighted by Crippen LogP contribution is -1.89. The van der Waals surface area contributed by atoms with Crippen molar-refractivity contribution in [3.8, 4) is 22.3 Å². The van der Waals surface area contributed by atoms with Crippen molar-refractivity contribution in [2.75, 3.05) is 11.5 Å². The Labute approximate surface area is 135 Å². The summed E-state index contributed by atoms with van der Waals surface area (Å²) in [4.78, 5) is 0. The van der Waals surface area contributed by atoms with Gasteiger partial charge in [0, 0.05) is 16.9 Å². The highest BCUT2D eigenvalue weighted by molar-refractivity contribution is 8.93. The molecular weight excluding hydrogens is 324 g/mol. The molecule has 0 fully saturated rings. The molecule has 0 heterocycles. The molecule has 0 spiro atoms. The predicted molar refractivity (Wildman–Crippen MR) is 96.5 cm³/mol. The molecular formula is C18H17BrN2. The van der Waals surface area contributed by atoms with Gasteiger partial charge in [0.2, 0.25) is 0 Å². The van der Waals surface area contributed by atoms with Crippen LogP contribution in [0, 0.1) is 0 Å². The number of halogens is 1. The maximum absolute atomic E-state index is 6.01. The van der Waals surface area contributed by atoms with Crippen LogP contribution in [0.2, 0.25) is 0 Å². The average molecular weight is 341 g/mol. The summed E-state index contributed by atoms with van der Waals surface area (Å²) in [6, 6.07) is 24.1. The summed E-state index contributed by atoms with van der Waals surface area (Å²) in [5, 5.41) is 0. The maximum atomic E-state index is 6.01. The number of benzene rings is 3. The molecule has 0 bridgehead atoms. The highest BCUT2D eigenvalue weighted by Crippen LogP contribution is 2.28. The highest BCUT2D eigenvalue weighted by Gasteiger charge is 2.03. The van der Waals surface area contributed by atoms with Gasteiger partial charge in [0.05, 0.1) is 0 Å². The molecule has 0 atom stereocenters. The van der Waals surface area contributed by atoms with Crippen LogP contribution in [-0.2, 0) is 0 Å². The van der Waals surface area contributed by atoms with Gasteiger partial charge in [0.15, 0.2) is 0 Å². The van der Waals surface area contributed by atoms with Crippen molar-refractivity contribution in [2.45, 2.75) is 0 Å². The molecule has 3 heteroatoms. The summed E-state index contributed by atoms with van der Waals surface area (Å²) >= 11 is 0. The Morgan fingerprint density at radius 2 is 1.24 bits per heavy atom. The predicted octanol–water partition coefficient (Wildman–Crippen LogP) is 4.76. The molecule has 4 N–H and O–H groups in total. The Bertz CT molecular complexity index is 736. The number of rotatable bonds is 2. The third kappa shape index (κ3) is 3.26. The van der Waals surface area contributed by atoms with Crippen molar-refractivity contribution >= 4 is 28.4 Å². The lowest BCUT2D eigenvalue weighted by Gasteiger charge is -2.07. The van der Waals surface area contributed by atoms with Gasteiger partial charge in [0.25, 0.3) is 0 Å². The van der Waals surface area contributed by atoms with E-state index < -0.39 is 0 Å². The lowest BCUT2D eigenvalue weighted by molar-refractivity contribution is 1.58. The van der Waals surface area contributed by atoms with E-state index in [4.69, 9.17) is 11.5 Å². The minimum atomic E-state index is 0. The summed E-state index contributed by atoms with van der Waals surface area (Å²) in [6.07, 6.45) is 0. The molecule has 0 radical (unpaired) electrons. The molecule has 106 valence electrons. The van der Waals surface area contributed by atoms with E-state index in [2.05, 4.69) is 30.3 Å². The van der Waals surface area contributed by atoms with Gasteiger partial charge in [-0.3, -0.25) is 0 Å². The third-order valence-electron chi connectivity index (χ3n) is 3.38. The molecule has 0 saturated heterocycles. The quantitative estimate of drug-likeness (QED) is 0.660. The van der Waals surface area contributed by atoms with Gasteiger partial charge in [0.1, 0.15) is 0 Å². The van der Waals surface area contributed by atoms with Gasteiger partial charge in [-0.1, -0.05) is 54.6 Å². The SMILES string of the molecule is Br.Nc1cccc(-c2ccc(-c3ccccc3N)cc2)c1. The Balaban J connectivity index is 0.00000161. The highest BCUT2D eigenvalue weighted by atomic mass is 79.9. The lowest BCUT2D eigenvalue weighted by atomic mass is 9.99. The van der Waals surface area contributed by atoms with E-state index in [-0.39, 0.29) is 17.0 Å². The Morgan fingerprint density at radius 3 is 1.90 bits per heavy atom. The molecule has 3 aromatic carbocycles. The molecule has 0 unspecified atom stereocenters. The van der Waals surface area contributed by atoms with Crippen LogP contribution < -0.4 is 11.5 Å². The van der Waals surface area contributed by atoms with E-state index in [0.717, 1.165) is 33.6 Å². The van der Waals surface area contributed by atoms with Gasteiger partial charge >= 0.3 is 0 Å². The van der Waals surface area contributed by atoms with E-state index in [1.54, 1.807) is 0 Å². The molecule has 0 aliphatic heterocycles. The first-order valence-electron chi connectivity index (χ1n) is 6.55. The van der Waals surface area contributed by atoms with E-state index in [9.17, 15) is 0 Å². The first-order chi connectivity index (χ1) is 9.74. The van der Waals surface area contributed by atoms with Crippen LogP contribution in [-0.4, -0.2) is 0 Å². The second-order valence-electron chi connectivity index (χ2n) is 4.79. The topological polar surface area (TPSA) is 52.0 Å². The van der Waals surface area contributed by atoms with Gasteiger partial charge in [-0.15, -0.1) is 17.0 Å². The van der Waals surface area contributed by atoms with Gasteiger partial charge in [-0.05, 0) is 34.9 Å². The standard InChI is InChI=1S/C18H16N2.BrH/c19-16-5-3-4-15(12-16)13-8-10-14(11-9-13)17-6-1-2-7-18(17)20;/h1-12H,19-20H2;1H. The molecule has 0 aromatic heterocycles. The Hall–Kier alpha value is -2.26. The zero-order chi connectivity index (χ0) is 13.9. The third-order valence-corrected chi connectivity index (χ3v) is 3.38. The minimum Gasteiger partial charge on any atom is -0.399 e. The Morgan fingerprint density at radius 1 is 0.571 bits per heavy atom. The summed E-state index contributed by atoms with van der Waals surface area (Å²) in [5.74, 6) is 0. The summed E-state index contributed by atoms with van der Waals surface area (Å²) in [6.45, 7) is 0. The van der Waals surface area contributed by atoms with Crippen LogP contribution in [0.3, 0.4) is 0 Å². The zero-order valence-electron chi connectivity index (χ0n) is 11.5. The van der Waals surface area contributed by atoms with Crippen molar-refractivity contribution in [3.05, 3.63) is 72.8 Å². The van der Waals surface area contributed by atoms with Crippen LogP contribution in [0.5, 0.6) is 0 Å². The van der Waals surface area contributed by atoms with Crippen molar-refractivity contribution < 1.29 is 0 Å². The molecule has 0 amide bonds. The van der Waals surface area contributed by atoms with Crippen molar-refractivity contribution in [1.82, 2.24) is 0 Å². The summed E-state index contributed by atoms with van der Waals surface area (Å²) in [7, 11) is 0. The fraction of sp³-hybridized carbons (Fsp3) is 0. The van der Waals surface area contributed by atoms with E-state index in [1.165, 1.54) is 0 Å². The van der Waals surface area contributed by atoms with E-state index in [0.29, 0.717) is 0 Å². The van der Waals surface area contributed by atoms with Gasteiger partial charge in [-0.2, -0.15) is 0 Å². The fourth-order valence-electron chi connectivity index (χ4n) is 2.32. The molecule has 3 rings (SSSR count). The van der Waals surface area contributed by atoms with Crippen molar-refractivity contribution in [1.29, 1.82) is 0 Å². The maximum Gasteiger partial charge on any atom is 0.0393 e. The van der Waals surface area contributed by atoms with Crippen LogP contribution in [0.4, 0.5) is 11.4 Å². The largest absolute Gasteiger partial charge is 0.399 e. The molecule has 0 aliphatic carbocycles. The van der Waals surface area contributed by atoms with Crippen LogP contribution in [0.15, 0.2) is 72.8 Å². The monoisotopic (exact) mass is 340 g/mol. The molecule has 21 heavy (non-hydrogen) atoms. The number of hydrogen-bond donors (Lipinski definition) is 2. The first kappa shape index (κ1) is 15.1. The van der Waals surface area contributed by atoms with Crippen LogP contribution in [0.25, 0.3) is 22.3 Å². The molecule has 0 aliphatic rings. The van der Waals surface area contributed by atoms with Crippen molar-refractivity contribution in [2.24, 2.45) is 0 Å². The van der Waals surface area contributed by atoms with E-state index in [1.807, 2.05) is 42.5 Å². The summed E-state index contributed by atoms with van der Waals surface area (Å²) in [5.41, 5.74) is 17.9. The van der Waals surface area contributed by atoms with Crippen molar-refractivity contribution in [3.63, 3.8) is 0 Å². The molecule has 3 aromatic rings. The number of para-hydroxylation sites is 1.